The maximum absolute atomic E-state index is 5.39. The highest BCUT2D eigenvalue weighted by Gasteiger charge is 2.22. The van der Waals surface area contributed by atoms with Gasteiger partial charge in [0.05, 0.1) is 0 Å². The first kappa shape index (κ1) is 11.9. The maximum atomic E-state index is 5.39. The van der Waals surface area contributed by atoms with Crippen LogP contribution in [0.2, 0.25) is 0 Å². The van der Waals surface area contributed by atoms with E-state index in [1.807, 2.05) is 0 Å². The van der Waals surface area contributed by atoms with Gasteiger partial charge in [-0.05, 0) is 50.2 Å². The zero-order chi connectivity index (χ0) is 11.5. The van der Waals surface area contributed by atoms with Crippen molar-refractivity contribution in [2.75, 3.05) is 0 Å². The summed E-state index contributed by atoms with van der Waals surface area (Å²) in [6.45, 7) is 4.51. The summed E-state index contributed by atoms with van der Waals surface area (Å²) in [6, 6.07) is 0.650. The van der Waals surface area contributed by atoms with Crippen molar-refractivity contribution in [3.05, 3.63) is 16.7 Å². The zero-order valence-electron chi connectivity index (χ0n) is 10.3. The molecule has 2 rings (SSSR count). The normalized spacial score (nSPS) is 25.9. The first-order chi connectivity index (χ1) is 7.76. The lowest BCUT2D eigenvalue weighted by molar-refractivity contribution is 0.265. The van der Waals surface area contributed by atoms with Gasteiger partial charge in [0, 0.05) is 17.9 Å². The molecule has 0 aromatic carbocycles. The van der Waals surface area contributed by atoms with Gasteiger partial charge in [-0.25, -0.2) is 0 Å². The number of H-pyrrole nitrogens is 1. The standard InChI is InChI=1S/C13H22N2S/c1-3-10-5-7-12(8-6-10)15-11(4-2)9-14-13(15)16/h9-10,12H,3-8H2,1-2H3,(H,14,16). The van der Waals surface area contributed by atoms with Gasteiger partial charge in [0.15, 0.2) is 4.77 Å². The first-order valence-corrected chi connectivity index (χ1v) is 6.95. The van der Waals surface area contributed by atoms with E-state index in [4.69, 9.17) is 12.2 Å². The molecule has 0 saturated heterocycles. The summed E-state index contributed by atoms with van der Waals surface area (Å²) < 4.78 is 3.28. The molecule has 1 saturated carbocycles. The van der Waals surface area contributed by atoms with Gasteiger partial charge in [0.1, 0.15) is 0 Å². The molecule has 0 atom stereocenters. The summed E-state index contributed by atoms with van der Waals surface area (Å²) in [4.78, 5) is 3.19. The summed E-state index contributed by atoms with van der Waals surface area (Å²) in [6.07, 6.45) is 9.84. The van der Waals surface area contributed by atoms with Gasteiger partial charge < -0.3 is 9.55 Å². The largest absolute Gasteiger partial charge is 0.337 e. The van der Waals surface area contributed by atoms with Crippen LogP contribution in [0.15, 0.2) is 6.20 Å². The third-order valence-electron chi connectivity index (χ3n) is 4.01. The number of nitrogens with one attached hydrogen (secondary N) is 1. The van der Waals surface area contributed by atoms with E-state index in [1.54, 1.807) is 0 Å². The summed E-state index contributed by atoms with van der Waals surface area (Å²) in [5, 5.41) is 0. The number of aryl methyl sites for hydroxylation is 1. The Hall–Kier alpha value is -0.570. The number of nitrogens with zero attached hydrogens (tertiary/aromatic N) is 1. The van der Waals surface area contributed by atoms with Crippen molar-refractivity contribution in [3.8, 4) is 0 Å². The predicted molar refractivity (Wildman–Crippen MR) is 70.3 cm³/mol. The van der Waals surface area contributed by atoms with Gasteiger partial charge in [-0.15, -0.1) is 0 Å². The van der Waals surface area contributed by atoms with Crippen molar-refractivity contribution < 1.29 is 0 Å². The third kappa shape index (κ3) is 2.24. The van der Waals surface area contributed by atoms with Gasteiger partial charge in [0.2, 0.25) is 0 Å². The van der Waals surface area contributed by atoms with E-state index >= 15 is 0 Å². The van der Waals surface area contributed by atoms with E-state index in [0.29, 0.717) is 6.04 Å². The summed E-state index contributed by atoms with van der Waals surface area (Å²) in [5.74, 6) is 0.953. The van der Waals surface area contributed by atoms with Crippen LogP contribution >= 0.6 is 12.2 Å². The number of hydrogen-bond acceptors (Lipinski definition) is 1. The molecule has 1 aromatic heterocycles. The van der Waals surface area contributed by atoms with Crippen LogP contribution in [0.5, 0.6) is 0 Å². The van der Waals surface area contributed by atoms with Crippen molar-refractivity contribution in [1.29, 1.82) is 0 Å². The van der Waals surface area contributed by atoms with Crippen molar-refractivity contribution in [1.82, 2.24) is 9.55 Å². The Kier molecular flexibility index (Phi) is 3.85. The van der Waals surface area contributed by atoms with E-state index in [-0.39, 0.29) is 0 Å². The molecule has 1 aliphatic rings. The van der Waals surface area contributed by atoms with Crippen LogP contribution in [0.3, 0.4) is 0 Å². The lowest BCUT2D eigenvalue weighted by Gasteiger charge is -2.29. The maximum Gasteiger partial charge on any atom is 0.177 e. The van der Waals surface area contributed by atoms with Crippen molar-refractivity contribution >= 4 is 12.2 Å². The molecule has 1 heterocycles. The van der Waals surface area contributed by atoms with Gasteiger partial charge in [-0.1, -0.05) is 20.3 Å². The molecular formula is C13H22N2S. The Labute approximate surface area is 103 Å². The molecule has 0 spiro atoms. The number of aromatic nitrogens is 2. The predicted octanol–water partition coefficient (Wildman–Crippen LogP) is 4.25. The lowest BCUT2D eigenvalue weighted by Crippen LogP contribution is -2.19. The fraction of sp³-hybridized carbons (Fsp3) is 0.769. The summed E-state index contributed by atoms with van der Waals surface area (Å²) in [5.41, 5.74) is 1.37. The lowest BCUT2D eigenvalue weighted by atomic mass is 9.84. The average molecular weight is 238 g/mol. The molecule has 1 aromatic rings. The molecule has 2 nitrogen and oxygen atoms in total. The second-order valence-corrected chi connectivity index (χ2v) is 5.28. The summed E-state index contributed by atoms with van der Waals surface area (Å²) >= 11 is 5.39. The number of imidazole rings is 1. The van der Waals surface area contributed by atoms with E-state index in [2.05, 4.69) is 29.6 Å². The first-order valence-electron chi connectivity index (χ1n) is 6.55. The highest BCUT2D eigenvalue weighted by Crippen LogP contribution is 2.34. The van der Waals surface area contributed by atoms with Crippen LogP contribution in [-0.4, -0.2) is 9.55 Å². The fourth-order valence-electron chi connectivity index (χ4n) is 2.90. The van der Waals surface area contributed by atoms with Crippen molar-refractivity contribution in [2.24, 2.45) is 5.92 Å². The van der Waals surface area contributed by atoms with E-state index < -0.39 is 0 Å². The van der Waals surface area contributed by atoms with Crippen LogP contribution in [-0.2, 0) is 6.42 Å². The molecule has 0 radical (unpaired) electrons. The molecule has 90 valence electrons. The molecule has 1 fully saturated rings. The summed E-state index contributed by atoms with van der Waals surface area (Å²) in [7, 11) is 0. The van der Waals surface area contributed by atoms with E-state index in [1.165, 1.54) is 37.8 Å². The fourth-order valence-corrected chi connectivity index (χ4v) is 3.22. The van der Waals surface area contributed by atoms with Crippen molar-refractivity contribution in [3.63, 3.8) is 0 Å². The smallest absolute Gasteiger partial charge is 0.177 e. The van der Waals surface area contributed by atoms with Crippen LogP contribution in [0.4, 0.5) is 0 Å². The Balaban J connectivity index is 2.13. The van der Waals surface area contributed by atoms with Crippen LogP contribution in [0.25, 0.3) is 0 Å². The zero-order valence-corrected chi connectivity index (χ0v) is 11.1. The molecule has 1 aliphatic carbocycles. The molecule has 0 unspecified atom stereocenters. The minimum Gasteiger partial charge on any atom is -0.337 e. The van der Waals surface area contributed by atoms with E-state index in [0.717, 1.165) is 17.1 Å². The Morgan fingerprint density at radius 3 is 2.56 bits per heavy atom. The van der Waals surface area contributed by atoms with E-state index in [9.17, 15) is 0 Å². The SMILES string of the molecule is CCc1c[nH]c(=S)n1C1CCC(CC)CC1. The van der Waals surface area contributed by atoms with Crippen LogP contribution in [0.1, 0.15) is 57.7 Å². The molecule has 3 heteroatoms. The van der Waals surface area contributed by atoms with Gasteiger partial charge in [-0.3, -0.25) is 0 Å². The van der Waals surface area contributed by atoms with Crippen LogP contribution in [0, 0.1) is 10.7 Å². The Morgan fingerprint density at radius 2 is 2.00 bits per heavy atom. The van der Waals surface area contributed by atoms with Gasteiger partial charge >= 0.3 is 0 Å². The minimum atomic E-state index is 0.650. The monoisotopic (exact) mass is 238 g/mol. The second kappa shape index (κ2) is 5.17. The molecule has 0 aliphatic heterocycles. The third-order valence-corrected chi connectivity index (χ3v) is 4.33. The molecule has 1 N–H and O–H groups in total. The molecule has 16 heavy (non-hydrogen) atoms. The van der Waals surface area contributed by atoms with Crippen molar-refractivity contribution in [2.45, 2.75) is 58.4 Å². The molecular weight excluding hydrogens is 216 g/mol. The Morgan fingerprint density at radius 1 is 1.31 bits per heavy atom. The highest BCUT2D eigenvalue weighted by molar-refractivity contribution is 7.71. The van der Waals surface area contributed by atoms with Crippen LogP contribution < -0.4 is 0 Å². The topological polar surface area (TPSA) is 20.7 Å². The number of rotatable bonds is 3. The average Bonchev–Trinajstić information content (AvgIpc) is 2.70. The Bertz CT molecular complexity index is 383. The van der Waals surface area contributed by atoms with Gasteiger partial charge in [-0.2, -0.15) is 0 Å². The molecule has 0 bridgehead atoms. The van der Waals surface area contributed by atoms with Gasteiger partial charge in [0.25, 0.3) is 0 Å². The highest BCUT2D eigenvalue weighted by atomic mass is 32.1. The minimum absolute atomic E-state index is 0.650. The second-order valence-electron chi connectivity index (χ2n) is 4.89. The number of aromatic amines is 1. The quantitative estimate of drug-likeness (QED) is 0.781. The molecule has 0 amide bonds. The number of hydrogen-bond donors (Lipinski definition) is 1.